The van der Waals surface area contributed by atoms with E-state index in [1.54, 1.807) is 24.3 Å². The van der Waals surface area contributed by atoms with Gasteiger partial charge in [-0.05, 0) is 31.4 Å². The van der Waals surface area contributed by atoms with Gasteiger partial charge in [-0.2, -0.15) is 0 Å². The predicted octanol–water partition coefficient (Wildman–Crippen LogP) is 4.20. The molecular formula is C20H18F3NO4. The standard InChI is InChI=1S/C20H18F3NO4/c1-2-27-18(25)13-10-14(21)15(17(23)16(13)22)20(8-9-20)24-19(26)28-11-12-6-4-3-5-7-12/h3-7,10H,2,8-9,11H2,1H3,(H,24,26). The summed E-state index contributed by atoms with van der Waals surface area (Å²) in [6.07, 6.45) is -0.464. The van der Waals surface area contributed by atoms with Gasteiger partial charge in [0.2, 0.25) is 0 Å². The average Bonchev–Trinajstić information content (AvgIpc) is 3.44. The minimum Gasteiger partial charge on any atom is -0.462 e. The molecular weight excluding hydrogens is 375 g/mol. The normalized spacial score (nSPS) is 14.3. The molecule has 2 aromatic rings. The van der Waals surface area contributed by atoms with E-state index in [0.717, 1.165) is 5.56 Å². The second-order valence-corrected chi connectivity index (χ2v) is 6.40. The van der Waals surface area contributed by atoms with Crippen molar-refractivity contribution in [2.75, 3.05) is 6.61 Å². The molecule has 1 aliphatic rings. The van der Waals surface area contributed by atoms with Gasteiger partial charge in [0.1, 0.15) is 18.0 Å². The first-order valence-corrected chi connectivity index (χ1v) is 8.72. The van der Waals surface area contributed by atoms with Crippen LogP contribution in [0.15, 0.2) is 36.4 Å². The third-order valence-corrected chi connectivity index (χ3v) is 4.44. The highest BCUT2D eigenvalue weighted by Gasteiger charge is 2.51. The number of halogens is 3. The Morgan fingerprint density at radius 1 is 1.07 bits per heavy atom. The second kappa shape index (κ2) is 7.92. The number of esters is 1. The highest BCUT2D eigenvalue weighted by molar-refractivity contribution is 5.90. The van der Waals surface area contributed by atoms with Crippen molar-refractivity contribution in [1.82, 2.24) is 5.32 Å². The summed E-state index contributed by atoms with van der Waals surface area (Å²) in [7, 11) is 0. The van der Waals surface area contributed by atoms with Gasteiger partial charge in [0, 0.05) is 0 Å². The topological polar surface area (TPSA) is 64.6 Å². The van der Waals surface area contributed by atoms with Crippen molar-refractivity contribution < 1.29 is 32.2 Å². The van der Waals surface area contributed by atoms with Gasteiger partial charge in [-0.25, -0.2) is 22.8 Å². The maximum atomic E-state index is 14.5. The molecule has 1 N–H and O–H groups in total. The summed E-state index contributed by atoms with van der Waals surface area (Å²) in [6, 6.07) is 9.45. The Labute approximate surface area is 159 Å². The Bertz CT molecular complexity index is 898. The maximum Gasteiger partial charge on any atom is 0.408 e. The molecule has 28 heavy (non-hydrogen) atoms. The fourth-order valence-electron chi connectivity index (χ4n) is 2.91. The number of rotatable bonds is 6. The summed E-state index contributed by atoms with van der Waals surface area (Å²) in [5.74, 6) is -5.34. The van der Waals surface area contributed by atoms with Crippen LogP contribution in [0.3, 0.4) is 0 Å². The number of benzene rings is 2. The SMILES string of the molecule is CCOC(=O)c1cc(F)c(C2(NC(=O)OCc3ccccc3)CC2)c(F)c1F. The van der Waals surface area contributed by atoms with E-state index in [1.165, 1.54) is 6.92 Å². The summed E-state index contributed by atoms with van der Waals surface area (Å²) in [6.45, 7) is 1.40. The molecule has 0 aromatic heterocycles. The molecule has 0 bridgehead atoms. The van der Waals surface area contributed by atoms with Crippen molar-refractivity contribution in [2.24, 2.45) is 0 Å². The molecule has 8 heteroatoms. The minimum absolute atomic E-state index is 0.0239. The Balaban J connectivity index is 1.77. The van der Waals surface area contributed by atoms with Crippen LogP contribution in [-0.2, 0) is 21.6 Å². The molecule has 0 atom stereocenters. The van der Waals surface area contributed by atoms with Gasteiger partial charge < -0.3 is 14.8 Å². The third kappa shape index (κ3) is 3.95. The molecule has 0 saturated heterocycles. The number of alkyl carbamates (subject to hydrolysis) is 1. The van der Waals surface area contributed by atoms with Gasteiger partial charge in [0.25, 0.3) is 0 Å². The van der Waals surface area contributed by atoms with E-state index in [4.69, 9.17) is 4.74 Å². The van der Waals surface area contributed by atoms with Gasteiger partial charge in [-0.1, -0.05) is 30.3 Å². The molecule has 1 amide bonds. The smallest absolute Gasteiger partial charge is 0.408 e. The molecule has 0 unspecified atom stereocenters. The number of hydrogen-bond acceptors (Lipinski definition) is 4. The fraction of sp³-hybridized carbons (Fsp3) is 0.300. The lowest BCUT2D eigenvalue weighted by Gasteiger charge is -2.20. The molecule has 0 spiro atoms. The van der Waals surface area contributed by atoms with Crippen LogP contribution in [0.25, 0.3) is 0 Å². The molecule has 0 aliphatic heterocycles. The lowest BCUT2D eigenvalue weighted by Crippen LogP contribution is -2.37. The third-order valence-electron chi connectivity index (χ3n) is 4.44. The van der Waals surface area contributed by atoms with Crippen LogP contribution in [0.2, 0.25) is 0 Å². The van der Waals surface area contributed by atoms with Crippen molar-refractivity contribution in [1.29, 1.82) is 0 Å². The maximum absolute atomic E-state index is 14.5. The average molecular weight is 393 g/mol. The van der Waals surface area contributed by atoms with E-state index in [9.17, 15) is 22.8 Å². The number of hydrogen-bond donors (Lipinski definition) is 1. The van der Waals surface area contributed by atoms with Gasteiger partial charge >= 0.3 is 12.1 Å². The van der Waals surface area contributed by atoms with E-state index in [0.29, 0.717) is 6.07 Å². The van der Waals surface area contributed by atoms with Crippen LogP contribution < -0.4 is 5.32 Å². The zero-order chi connectivity index (χ0) is 20.3. The Morgan fingerprint density at radius 2 is 1.75 bits per heavy atom. The van der Waals surface area contributed by atoms with Crippen molar-refractivity contribution in [2.45, 2.75) is 31.9 Å². The molecule has 0 radical (unpaired) electrons. The summed E-state index contributed by atoms with van der Waals surface area (Å²) >= 11 is 0. The summed E-state index contributed by atoms with van der Waals surface area (Å²) in [5, 5.41) is 2.41. The van der Waals surface area contributed by atoms with Gasteiger partial charge in [-0.3, -0.25) is 0 Å². The van der Waals surface area contributed by atoms with E-state index < -0.39 is 46.2 Å². The molecule has 148 valence electrons. The van der Waals surface area contributed by atoms with E-state index >= 15 is 0 Å². The Kier molecular flexibility index (Phi) is 5.58. The van der Waals surface area contributed by atoms with Gasteiger partial charge in [0.15, 0.2) is 11.6 Å². The van der Waals surface area contributed by atoms with E-state index in [-0.39, 0.29) is 26.1 Å². The number of nitrogens with one attached hydrogen (secondary N) is 1. The largest absolute Gasteiger partial charge is 0.462 e. The number of carbonyl (C=O) groups excluding carboxylic acids is 2. The van der Waals surface area contributed by atoms with Crippen molar-refractivity contribution >= 4 is 12.1 Å². The predicted molar refractivity (Wildman–Crippen MR) is 92.9 cm³/mol. The van der Waals surface area contributed by atoms with Crippen LogP contribution >= 0.6 is 0 Å². The molecule has 1 saturated carbocycles. The van der Waals surface area contributed by atoms with Crippen LogP contribution in [0.1, 0.15) is 41.3 Å². The highest BCUT2D eigenvalue weighted by atomic mass is 19.2. The zero-order valence-corrected chi connectivity index (χ0v) is 15.1. The van der Waals surface area contributed by atoms with Gasteiger partial charge in [0.05, 0.1) is 17.7 Å². The quantitative estimate of drug-likeness (QED) is 0.590. The first-order valence-electron chi connectivity index (χ1n) is 8.72. The number of amides is 1. The van der Waals surface area contributed by atoms with E-state index in [1.807, 2.05) is 6.07 Å². The minimum atomic E-state index is -1.52. The van der Waals surface area contributed by atoms with Crippen LogP contribution in [0, 0.1) is 17.5 Å². The lowest BCUT2D eigenvalue weighted by atomic mass is 10.0. The lowest BCUT2D eigenvalue weighted by molar-refractivity contribution is 0.0518. The highest BCUT2D eigenvalue weighted by Crippen LogP contribution is 2.48. The monoisotopic (exact) mass is 393 g/mol. The van der Waals surface area contributed by atoms with Crippen LogP contribution in [-0.4, -0.2) is 18.7 Å². The summed E-state index contributed by atoms with van der Waals surface area (Å²) in [4.78, 5) is 23.7. The molecule has 2 aromatic carbocycles. The zero-order valence-electron chi connectivity index (χ0n) is 15.1. The molecule has 1 aliphatic carbocycles. The first-order chi connectivity index (χ1) is 13.4. The number of ether oxygens (including phenoxy) is 2. The van der Waals surface area contributed by atoms with Crippen molar-refractivity contribution in [3.05, 3.63) is 70.5 Å². The van der Waals surface area contributed by atoms with Crippen molar-refractivity contribution in [3.8, 4) is 0 Å². The first kappa shape index (κ1) is 19.7. The molecule has 1 fully saturated rings. The Hall–Kier alpha value is -3.03. The summed E-state index contributed by atoms with van der Waals surface area (Å²) in [5.41, 5.74) is -2.13. The summed E-state index contributed by atoms with van der Waals surface area (Å²) < 4.78 is 53.0. The van der Waals surface area contributed by atoms with Gasteiger partial charge in [-0.15, -0.1) is 0 Å². The van der Waals surface area contributed by atoms with E-state index in [2.05, 4.69) is 10.1 Å². The van der Waals surface area contributed by atoms with Crippen LogP contribution in [0.4, 0.5) is 18.0 Å². The second-order valence-electron chi connectivity index (χ2n) is 6.40. The number of carbonyl (C=O) groups is 2. The Morgan fingerprint density at radius 3 is 2.36 bits per heavy atom. The molecule has 0 heterocycles. The molecule has 5 nitrogen and oxygen atoms in total. The van der Waals surface area contributed by atoms with Crippen molar-refractivity contribution in [3.63, 3.8) is 0 Å². The molecule has 3 rings (SSSR count). The van der Waals surface area contributed by atoms with Crippen LogP contribution in [0.5, 0.6) is 0 Å². The fourth-order valence-corrected chi connectivity index (χ4v) is 2.91.